The van der Waals surface area contributed by atoms with Gasteiger partial charge < -0.3 is 20.9 Å². The Morgan fingerprint density at radius 3 is 2.81 bits per heavy atom. The zero-order valence-electron chi connectivity index (χ0n) is 17.6. The lowest BCUT2D eigenvalue weighted by atomic mass is 10.1. The number of aromatic nitrogens is 2. The van der Waals surface area contributed by atoms with E-state index in [-0.39, 0.29) is 5.91 Å². The third kappa shape index (κ3) is 4.72. The van der Waals surface area contributed by atoms with Crippen molar-refractivity contribution in [1.82, 2.24) is 15.3 Å². The molecule has 4 rings (SSSR count). The number of hydrogen-bond acceptors (Lipinski definition) is 6. The third-order valence-corrected chi connectivity index (χ3v) is 5.61. The van der Waals surface area contributed by atoms with Crippen LogP contribution in [0.15, 0.2) is 48.7 Å². The number of aryl methyl sites for hydroxylation is 1. The summed E-state index contributed by atoms with van der Waals surface area (Å²) in [6.45, 7) is 1.08. The number of anilines is 5. The quantitative estimate of drug-likeness (QED) is 0.535. The highest BCUT2D eigenvalue weighted by molar-refractivity contribution is 6.33. The number of fused-ring (bicyclic) bond motifs is 1. The van der Waals surface area contributed by atoms with Gasteiger partial charge in [-0.2, -0.15) is 4.98 Å². The first-order valence-electron chi connectivity index (χ1n) is 10.3. The summed E-state index contributed by atoms with van der Waals surface area (Å²) in [6, 6.07) is 13.5. The van der Waals surface area contributed by atoms with Gasteiger partial charge in [0.2, 0.25) is 5.95 Å². The normalized spacial score (nSPS) is 13.2. The van der Waals surface area contributed by atoms with Crippen molar-refractivity contribution in [1.29, 1.82) is 0 Å². The van der Waals surface area contributed by atoms with E-state index >= 15 is 0 Å². The molecule has 0 saturated heterocycles. The van der Waals surface area contributed by atoms with Crippen LogP contribution in [-0.2, 0) is 6.42 Å². The van der Waals surface area contributed by atoms with E-state index in [0.717, 1.165) is 18.7 Å². The van der Waals surface area contributed by atoms with Crippen LogP contribution in [0, 0.1) is 0 Å². The number of carbonyl (C=O) groups is 1. The topological polar surface area (TPSA) is 82.2 Å². The summed E-state index contributed by atoms with van der Waals surface area (Å²) in [5.74, 6) is 0.651. The van der Waals surface area contributed by atoms with Gasteiger partial charge in [-0.1, -0.05) is 23.7 Å². The van der Waals surface area contributed by atoms with Crippen molar-refractivity contribution in [2.45, 2.75) is 19.3 Å². The smallest absolute Gasteiger partial charge is 0.253 e. The number of rotatable bonds is 5. The lowest BCUT2D eigenvalue weighted by Crippen LogP contribution is -2.19. The Kier molecular flexibility index (Phi) is 6.23. The first-order valence-corrected chi connectivity index (χ1v) is 10.6. The highest BCUT2D eigenvalue weighted by atomic mass is 35.5. The van der Waals surface area contributed by atoms with Gasteiger partial charge in [-0.15, -0.1) is 0 Å². The summed E-state index contributed by atoms with van der Waals surface area (Å²) in [5, 5.41) is 9.43. The molecule has 8 heteroatoms. The molecule has 0 spiro atoms. The van der Waals surface area contributed by atoms with Crippen LogP contribution in [-0.4, -0.2) is 36.5 Å². The van der Waals surface area contributed by atoms with E-state index in [1.807, 2.05) is 12.1 Å². The van der Waals surface area contributed by atoms with Crippen molar-refractivity contribution in [3.63, 3.8) is 0 Å². The summed E-state index contributed by atoms with van der Waals surface area (Å²) < 4.78 is 0. The maximum Gasteiger partial charge on any atom is 0.253 e. The molecule has 0 saturated carbocycles. The predicted molar refractivity (Wildman–Crippen MR) is 126 cm³/mol. The molecule has 1 aliphatic rings. The molecule has 160 valence electrons. The van der Waals surface area contributed by atoms with Crippen molar-refractivity contribution < 1.29 is 4.79 Å². The van der Waals surface area contributed by atoms with Gasteiger partial charge in [0.25, 0.3) is 5.91 Å². The Balaban J connectivity index is 1.58. The van der Waals surface area contributed by atoms with E-state index in [9.17, 15) is 4.79 Å². The van der Waals surface area contributed by atoms with Crippen LogP contribution in [0.5, 0.6) is 0 Å². The van der Waals surface area contributed by atoms with Crippen molar-refractivity contribution in [3.8, 4) is 0 Å². The number of para-hydroxylation sites is 1. The summed E-state index contributed by atoms with van der Waals surface area (Å²) in [5.41, 5.74) is 4.63. The Bertz CT molecular complexity index is 1100. The second-order valence-corrected chi connectivity index (χ2v) is 7.89. The molecule has 3 aromatic rings. The molecule has 3 N–H and O–H groups in total. The van der Waals surface area contributed by atoms with Gasteiger partial charge in [0.15, 0.2) is 5.82 Å². The molecule has 0 aliphatic carbocycles. The van der Waals surface area contributed by atoms with Crippen LogP contribution >= 0.6 is 11.6 Å². The highest BCUT2D eigenvalue weighted by Crippen LogP contribution is 2.30. The fourth-order valence-electron chi connectivity index (χ4n) is 3.72. The molecule has 0 bridgehead atoms. The van der Waals surface area contributed by atoms with Gasteiger partial charge in [-0.05, 0) is 55.2 Å². The molecule has 0 atom stereocenters. The Morgan fingerprint density at radius 1 is 1.13 bits per heavy atom. The average molecular weight is 437 g/mol. The van der Waals surface area contributed by atoms with Crippen molar-refractivity contribution in [2.75, 3.05) is 36.2 Å². The molecule has 7 nitrogen and oxygen atoms in total. The number of nitrogens with one attached hydrogen (secondary N) is 3. The third-order valence-electron chi connectivity index (χ3n) is 5.33. The van der Waals surface area contributed by atoms with Crippen LogP contribution in [0.2, 0.25) is 5.02 Å². The second kappa shape index (κ2) is 9.22. The SMILES string of the molecule is CNC(=O)c1ccccc1Nc1nc(Nc2ccc3c(c2)CCCCN3C)ncc1Cl. The van der Waals surface area contributed by atoms with E-state index in [0.29, 0.717) is 28.0 Å². The molecule has 1 amide bonds. The fraction of sp³-hybridized carbons (Fsp3) is 0.261. The zero-order valence-corrected chi connectivity index (χ0v) is 18.3. The second-order valence-electron chi connectivity index (χ2n) is 7.49. The number of hydrogen-bond donors (Lipinski definition) is 3. The van der Waals surface area contributed by atoms with Gasteiger partial charge >= 0.3 is 0 Å². The van der Waals surface area contributed by atoms with E-state index in [1.165, 1.54) is 24.1 Å². The Hall–Kier alpha value is -3.32. The van der Waals surface area contributed by atoms with Crippen LogP contribution < -0.4 is 20.9 Å². The number of carbonyl (C=O) groups excluding carboxylic acids is 1. The number of benzene rings is 2. The van der Waals surface area contributed by atoms with Gasteiger partial charge in [-0.25, -0.2) is 4.98 Å². The first kappa shape index (κ1) is 20.9. The number of nitrogens with zero attached hydrogens (tertiary/aromatic N) is 3. The van der Waals surface area contributed by atoms with E-state index < -0.39 is 0 Å². The number of halogens is 1. The largest absolute Gasteiger partial charge is 0.374 e. The maximum atomic E-state index is 12.1. The molecular weight excluding hydrogens is 412 g/mol. The minimum absolute atomic E-state index is 0.193. The lowest BCUT2D eigenvalue weighted by molar-refractivity contribution is 0.0964. The monoisotopic (exact) mass is 436 g/mol. The van der Waals surface area contributed by atoms with Crippen LogP contribution in [0.1, 0.15) is 28.8 Å². The fourth-order valence-corrected chi connectivity index (χ4v) is 3.86. The van der Waals surface area contributed by atoms with Gasteiger partial charge in [-0.3, -0.25) is 4.79 Å². The number of amides is 1. The van der Waals surface area contributed by atoms with E-state index in [1.54, 1.807) is 31.4 Å². The van der Waals surface area contributed by atoms with Crippen molar-refractivity contribution in [2.24, 2.45) is 0 Å². The minimum Gasteiger partial charge on any atom is -0.374 e. The summed E-state index contributed by atoms with van der Waals surface area (Å²) in [6.07, 6.45) is 4.97. The van der Waals surface area contributed by atoms with Gasteiger partial charge in [0, 0.05) is 32.0 Å². The predicted octanol–water partition coefficient (Wildman–Crippen LogP) is 4.75. The Morgan fingerprint density at radius 2 is 1.97 bits per heavy atom. The van der Waals surface area contributed by atoms with E-state index in [4.69, 9.17) is 11.6 Å². The van der Waals surface area contributed by atoms with Crippen molar-refractivity contribution in [3.05, 3.63) is 64.8 Å². The molecular formula is C23H25ClN6O. The average Bonchev–Trinajstić information content (AvgIpc) is 2.97. The van der Waals surface area contributed by atoms with Gasteiger partial charge in [0.1, 0.15) is 5.02 Å². The first-order chi connectivity index (χ1) is 15.0. The lowest BCUT2D eigenvalue weighted by Gasteiger charge is -2.20. The molecule has 0 unspecified atom stereocenters. The van der Waals surface area contributed by atoms with Crippen LogP contribution in [0.3, 0.4) is 0 Å². The van der Waals surface area contributed by atoms with Crippen molar-refractivity contribution >= 4 is 46.3 Å². The molecule has 2 heterocycles. The molecule has 2 aromatic carbocycles. The molecule has 1 aliphatic heterocycles. The van der Waals surface area contributed by atoms with Crippen LogP contribution in [0.25, 0.3) is 0 Å². The summed E-state index contributed by atoms with van der Waals surface area (Å²) in [7, 11) is 3.73. The van der Waals surface area contributed by atoms with Gasteiger partial charge in [0.05, 0.1) is 17.4 Å². The Labute approximate surface area is 186 Å². The zero-order chi connectivity index (χ0) is 21.8. The molecule has 1 aromatic heterocycles. The summed E-state index contributed by atoms with van der Waals surface area (Å²) in [4.78, 5) is 23.3. The highest BCUT2D eigenvalue weighted by Gasteiger charge is 2.15. The molecule has 0 radical (unpaired) electrons. The van der Waals surface area contributed by atoms with Crippen LogP contribution in [0.4, 0.5) is 28.8 Å². The minimum atomic E-state index is -0.193. The molecule has 31 heavy (non-hydrogen) atoms. The molecule has 0 fully saturated rings. The standard InChI is InChI=1S/C23H25ClN6O/c1-25-22(31)17-8-3-4-9-19(17)28-21-18(24)14-26-23(29-21)27-16-10-11-20-15(13-16)7-5-6-12-30(20)2/h3-4,8-11,13-14H,5-7,12H2,1-2H3,(H,25,31)(H2,26,27,28,29). The van der Waals surface area contributed by atoms with E-state index in [2.05, 4.69) is 50.0 Å². The maximum absolute atomic E-state index is 12.1. The summed E-state index contributed by atoms with van der Waals surface area (Å²) >= 11 is 6.32.